The Morgan fingerprint density at radius 1 is 0.515 bits per heavy atom. The Bertz CT molecular complexity index is 1200. The van der Waals surface area contributed by atoms with E-state index in [0.717, 1.165) is 22.3 Å². The van der Waals surface area contributed by atoms with Gasteiger partial charge in [-0.1, -0.05) is 97.1 Å². The summed E-state index contributed by atoms with van der Waals surface area (Å²) in [5.41, 5.74) is 3.46. The van der Waals surface area contributed by atoms with Gasteiger partial charge in [0.25, 0.3) is 0 Å². The molecule has 4 aromatic rings. The Kier molecular flexibility index (Phi) is 5.71. The van der Waals surface area contributed by atoms with Crippen LogP contribution in [0.2, 0.25) is 0 Å². The maximum atomic E-state index is 13.8. The van der Waals surface area contributed by atoms with Gasteiger partial charge in [-0.15, -0.1) is 0 Å². The average Bonchev–Trinajstić information content (AvgIpc) is 3.18. The molecule has 4 nitrogen and oxygen atoms in total. The van der Waals surface area contributed by atoms with Gasteiger partial charge in [-0.2, -0.15) is 0 Å². The SMILES string of the molecule is O=C(OCc1ccccc1)S1(C(=O)OCc2ccccc2)c2ccccc2-c2ccccc21. The van der Waals surface area contributed by atoms with Gasteiger partial charge in [-0.3, -0.25) is 0 Å². The number of hydrogen-bond donors (Lipinski definition) is 0. The van der Waals surface area contributed by atoms with E-state index in [1.165, 1.54) is 0 Å². The number of hydrogen-bond acceptors (Lipinski definition) is 4. The summed E-state index contributed by atoms with van der Waals surface area (Å²) in [6.07, 6.45) is 0. The summed E-state index contributed by atoms with van der Waals surface area (Å²) in [6, 6.07) is 34.0. The molecule has 33 heavy (non-hydrogen) atoms. The van der Waals surface area contributed by atoms with Gasteiger partial charge in [-0.25, -0.2) is 9.59 Å². The largest absolute Gasteiger partial charge is 0.453 e. The second-order valence-electron chi connectivity index (χ2n) is 7.65. The summed E-state index contributed by atoms with van der Waals surface area (Å²) in [4.78, 5) is 29.0. The summed E-state index contributed by atoms with van der Waals surface area (Å²) in [7, 11) is -2.90. The third kappa shape index (κ3) is 3.70. The van der Waals surface area contributed by atoms with Gasteiger partial charge in [0, 0.05) is 19.8 Å². The lowest BCUT2D eigenvalue weighted by Crippen LogP contribution is -2.22. The topological polar surface area (TPSA) is 52.6 Å². The Morgan fingerprint density at radius 3 is 1.30 bits per heavy atom. The first-order valence-electron chi connectivity index (χ1n) is 10.6. The van der Waals surface area contributed by atoms with Crippen molar-refractivity contribution in [2.24, 2.45) is 0 Å². The van der Waals surface area contributed by atoms with Crippen LogP contribution >= 0.6 is 10.0 Å². The van der Waals surface area contributed by atoms with Crippen molar-refractivity contribution < 1.29 is 19.1 Å². The quantitative estimate of drug-likeness (QED) is 0.299. The van der Waals surface area contributed by atoms with Crippen molar-refractivity contribution >= 4 is 20.6 Å². The van der Waals surface area contributed by atoms with Crippen molar-refractivity contribution in [1.29, 1.82) is 0 Å². The van der Waals surface area contributed by atoms with E-state index in [9.17, 15) is 9.59 Å². The molecule has 4 aromatic carbocycles. The van der Waals surface area contributed by atoms with E-state index < -0.39 is 20.6 Å². The van der Waals surface area contributed by atoms with Crippen LogP contribution in [0.25, 0.3) is 11.1 Å². The van der Waals surface area contributed by atoms with Gasteiger partial charge in [0.2, 0.25) is 0 Å². The van der Waals surface area contributed by atoms with Crippen LogP contribution in [-0.4, -0.2) is 10.6 Å². The molecule has 5 rings (SSSR count). The molecule has 1 aliphatic heterocycles. The molecule has 0 aliphatic carbocycles. The molecule has 0 saturated heterocycles. The lowest BCUT2D eigenvalue weighted by Gasteiger charge is -2.32. The van der Waals surface area contributed by atoms with E-state index in [2.05, 4.69) is 0 Å². The summed E-state index contributed by atoms with van der Waals surface area (Å²) < 4.78 is 11.6. The molecule has 0 aromatic heterocycles. The average molecular weight is 455 g/mol. The van der Waals surface area contributed by atoms with E-state index in [-0.39, 0.29) is 13.2 Å². The van der Waals surface area contributed by atoms with Crippen LogP contribution in [0.1, 0.15) is 11.1 Å². The Morgan fingerprint density at radius 2 is 0.879 bits per heavy atom. The molecule has 0 atom stereocenters. The summed E-state index contributed by atoms with van der Waals surface area (Å²) in [6.45, 7) is 0.176. The maximum Gasteiger partial charge on any atom is 0.368 e. The zero-order valence-corrected chi connectivity index (χ0v) is 18.7. The highest BCUT2D eigenvalue weighted by Gasteiger charge is 2.53. The predicted octanol–water partition coefficient (Wildman–Crippen LogP) is 7.56. The predicted molar refractivity (Wildman–Crippen MR) is 129 cm³/mol. The fourth-order valence-corrected chi connectivity index (χ4v) is 7.21. The first-order valence-corrected chi connectivity index (χ1v) is 12.3. The van der Waals surface area contributed by atoms with Crippen LogP contribution < -0.4 is 0 Å². The third-order valence-electron chi connectivity index (χ3n) is 5.62. The normalized spacial score (nSPS) is 13.9. The van der Waals surface area contributed by atoms with Crippen LogP contribution in [0, 0.1) is 0 Å². The monoisotopic (exact) mass is 454 g/mol. The van der Waals surface area contributed by atoms with Gasteiger partial charge in [-0.05, 0) is 34.4 Å². The maximum absolute atomic E-state index is 13.8. The second kappa shape index (κ2) is 8.96. The number of carbonyl (C=O) groups excluding carboxylic acids is 2. The number of fused-ring (bicyclic) bond motifs is 3. The van der Waals surface area contributed by atoms with Crippen LogP contribution in [0.15, 0.2) is 119 Å². The van der Waals surface area contributed by atoms with E-state index in [1.54, 1.807) is 0 Å². The molecule has 0 bridgehead atoms. The standard InChI is InChI=1S/C28H22O4S/c29-27(31-19-21-11-3-1-4-12-21)33(28(30)32-20-22-13-5-2-6-14-22)25-17-9-7-15-23(25)24-16-8-10-18-26(24)33/h1-18H,19-20H2. The van der Waals surface area contributed by atoms with E-state index in [1.807, 2.05) is 109 Å². The van der Waals surface area contributed by atoms with Crippen molar-refractivity contribution in [3.8, 4) is 11.1 Å². The molecule has 164 valence electrons. The Labute approximate surface area is 194 Å². The Hall–Kier alpha value is -3.83. The van der Waals surface area contributed by atoms with Gasteiger partial charge in [0.15, 0.2) is 0 Å². The highest BCUT2D eigenvalue weighted by molar-refractivity contribution is 8.55. The van der Waals surface area contributed by atoms with Gasteiger partial charge >= 0.3 is 10.6 Å². The van der Waals surface area contributed by atoms with Crippen molar-refractivity contribution in [1.82, 2.24) is 0 Å². The first kappa shape index (κ1) is 21.0. The highest BCUT2D eigenvalue weighted by atomic mass is 32.3. The molecule has 5 heteroatoms. The summed E-state index contributed by atoms with van der Waals surface area (Å²) in [5.74, 6) is 0. The fourth-order valence-electron chi connectivity index (χ4n) is 4.07. The number of benzene rings is 4. The van der Waals surface area contributed by atoms with Crippen LogP contribution in [0.5, 0.6) is 0 Å². The fraction of sp³-hybridized carbons (Fsp3) is 0.0714. The molecule has 1 aliphatic rings. The van der Waals surface area contributed by atoms with Crippen molar-refractivity contribution in [3.05, 3.63) is 120 Å². The van der Waals surface area contributed by atoms with Crippen molar-refractivity contribution in [3.63, 3.8) is 0 Å². The van der Waals surface area contributed by atoms with Crippen molar-refractivity contribution in [2.45, 2.75) is 23.0 Å². The molecule has 0 spiro atoms. The van der Waals surface area contributed by atoms with E-state index >= 15 is 0 Å². The minimum absolute atomic E-state index is 0.0880. The smallest absolute Gasteiger partial charge is 0.368 e. The molecular weight excluding hydrogens is 432 g/mol. The molecule has 0 N–H and O–H groups in total. The molecule has 0 saturated carbocycles. The zero-order valence-electron chi connectivity index (χ0n) is 17.8. The van der Waals surface area contributed by atoms with E-state index in [4.69, 9.17) is 9.47 Å². The molecule has 0 fully saturated rings. The minimum atomic E-state index is -2.90. The van der Waals surface area contributed by atoms with Gasteiger partial charge < -0.3 is 9.47 Å². The summed E-state index contributed by atoms with van der Waals surface area (Å²) in [5, 5.41) is -1.11. The molecule has 0 radical (unpaired) electrons. The van der Waals surface area contributed by atoms with Crippen molar-refractivity contribution in [2.75, 3.05) is 0 Å². The van der Waals surface area contributed by atoms with Crippen LogP contribution in [0.3, 0.4) is 0 Å². The minimum Gasteiger partial charge on any atom is -0.453 e. The molecular formula is C28H22O4S. The van der Waals surface area contributed by atoms with Gasteiger partial charge in [0.1, 0.15) is 13.2 Å². The lowest BCUT2D eigenvalue weighted by molar-refractivity contribution is 0.160. The molecule has 1 heterocycles. The zero-order chi connectivity index (χ0) is 22.7. The highest BCUT2D eigenvalue weighted by Crippen LogP contribution is 2.73. The molecule has 0 amide bonds. The molecule has 0 unspecified atom stereocenters. The third-order valence-corrected chi connectivity index (χ3v) is 8.89. The Balaban J connectivity index is 1.57. The van der Waals surface area contributed by atoms with E-state index in [0.29, 0.717) is 9.79 Å². The summed E-state index contributed by atoms with van der Waals surface area (Å²) >= 11 is 0. The number of carbonyl (C=O) groups is 2. The van der Waals surface area contributed by atoms with Gasteiger partial charge in [0.05, 0.1) is 0 Å². The van der Waals surface area contributed by atoms with Crippen LogP contribution in [-0.2, 0) is 22.7 Å². The second-order valence-corrected chi connectivity index (χ2v) is 10.4. The first-order chi connectivity index (χ1) is 16.2. The number of rotatable bonds is 4. The lowest BCUT2D eigenvalue weighted by atomic mass is 10.1. The number of ether oxygens (including phenoxy) is 2. The van der Waals surface area contributed by atoms with Crippen LogP contribution in [0.4, 0.5) is 9.59 Å².